The molecule has 1 fully saturated rings. The van der Waals surface area contributed by atoms with Crippen LogP contribution >= 0.6 is 0 Å². The third kappa shape index (κ3) is 2.44. The lowest BCUT2D eigenvalue weighted by atomic mass is 9.95. The van der Waals surface area contributed by atoms with Crippen LogP contribution in [0.4, 0.5) is 0 Å². The van der Waals surface area contributed by atoms with Crippen LogP contribution in [-0.2, 0) is 9.59 Å². The summed E-state index contributed by atoms with van der Waals surface area (Å²) in [6.07, 6.45) is 0. The van der Waals surface area contributed by atoms with Crippen molar-refractivity contribution < 1.29 is 19.4 Å². The van der Waals surface area contributed by atoms with Crippen LogP contribution in [0.3, 0.4) is 0 Å². The molecule has 122 valence electrons. The Balaban J connectivity index is 2.22. The molecule has 1 saturated heterocycles. The minimum absolute atomic E-state index is 0.0678. The Morgan fingerprint density at radius 3 is 2.33 bits per heavy atom. The molecule has 24 heavy (non-hydrogen) atoms. The Hall–Kier alpha value is -3.08. The molecule has 1 aliphatic rings. The highest BCUT2D eigenvalue weighted by molar-refractivity contribution is 6.46. The molecule has 2 aromatic carbocycles. The second kappa shape index (κ2) is 6.20. The van der Waals surface area contributed by atoms with Gasteiger partial charge in [0.2, 0.25) is 0 Å². The molecule has 3 rings (SSSR count). The number of carbonyl (C=O) groups is 2. The van der Waals surface area contributed by atoms with Crippen molar-refractivity contribution in [3.63, 3.8) is 0 Å². The predicted molar refractivity (Wildman–Crippen MR) is 89.5 cm³/mol. The van der Waals surface area contributed by atoms with Crippen LogP contribution < -0.4 is 4.74 Å². The molecule has 0 bridgehead atoms. The number of aliphatic hydroxyl groups is 1. The standard InChI is InChI=1S/C19H17NO4/c1-20-16(13-10-6-7-11-14(13)24-2)15(18(22)19(20)23)17(21)12-8-4-3-5-9-12/h3-11,16,21H,1-2H3/b17-15+. The van der Waals surface area contributed by atoms with E-state index >= 15 is 0 Å². The normalized spacial score (nSPS) is 19.6. The molecule has 0 aromatic heterocycles. The molecule has 0 spiro atoms. The number of nitrogens with zero attached hydrogens (tertiary/aromatic N) is 1. The number of methoxy groups -OCH3 is 1. The number of hydrogen-bond acceptors (Lipinski definition) is 4. The zero-order valence-corrected chi connectivity index (χ0v) is 13.4. The highest BCUT2D eigenvalue weighted by Crippen LogP contribution is 2.41. The van der Waals surface area contributed by atoms with Gasteiger partial charge in [0.15, 0.2) is 0 Å². The smallest absolute Gasteiger partial charge is 0.295 e. The lowest BCUT2D eigenvalue weighted by Gasteiger charge is -2.22. The van der Waals surface area contributed by atoms with Gasteiger partial charge in [0.25, 0.3) is 11.7 Å². The van der Waals surface area contributed by atoms with Gasteiger partial charge in [-0.15, -0.1) is 0 Å². The number of Topliss-reactive ketones (excluding diaryl/α,β-unsaturated/α-hetero) is 1. The number of aliphatic hydroxyl groups excluding tert-OH is 1. The summed E-state index contributed by atoms with van der Waals surface area (Å²) in [4.78, 5) is 26.0. The number of ether oxygens (including phenoxy) is 1. The van der Waals surface area contributed by atoms with Gasteiger partial charge < -0.3 is 14.7 Å². The van der Waals surface area contributed by atoms with Gasteiger partial charge in [-0.05, 0) is 6.07 Å². The summed E-state index contributed by atoms with van der Waals surface area (Å²) in [5.74, 6) is -0.984. The van der Waals surface area contributed by atoms with E-state index in [0.717, 1.165) is 0 Å². The second-order valence-corrected chi connectivity index (χ2v) is 5.52. The van der Waals surface area contributed by atoms with Crippen molar-refractivity contribution >= 4 is 17.4 Å². The zero-order valence-electron chi connectivity index (χ0n) is 13.4. The van der Waals surface area contributed by atoms with Crippen molar-refractivity contribution in [2.24, 2.45) is 0 Å². The molecule has 2 aromatic rings. The van der Waals surface area contributed by atoms with Gasteiger partial charge in [-0.3, -0.25) is 9.59 Å². The lowest BCUT2D eigenvalue weighted by Crippen LogP contribution is -2.25. The minimum Gasteiger partial charge on any atom is -0.507 e. The fourth-order valence-electron chi connectivity index (χ4n) is 2.96. The molecule has 5 nitrogen and oxygen atoms in total. The first-order valence-corrected chi connectivity index (χ1v) is 7.49. The summed E-state index contributed by atoms with van der Waals surface area (Å²) < 4.78 is 5.36. The van der Waals surface area contributed by atoms with Crippen LogP contribution in [-0.4, -0.2) is 35.9 Å². The molecule has 5 heteroatoms. The molecule has 1 N–H and O–H groups in total. The fraction of sp³-hybridized carbons (Fsp3) is 0.158. The van der Waals surface area contributed by atoms with E-state index in [0.29, 0.717) is 16.9 Å². The quantitative estimate of drug-likeness (QED) is 0.536. The zero-order chi connectivity index (χ0) is 17.3. The maximum atomic E-state index is 12.5. The van der Waals surface area contributed by atoms with Crippen LogP contribution in [0.25, 0.3) is 5.76 Å². The maximum Gasteiger partial charge on any atom is 0.295 e. The van der Waals surface area contributed by atoms with Crippen LogP contribution in [0.15, 0.2) is 60.2 Å². The van der Waals surface area contributed by atoms with E-state index in [2.05, 4.69) is 0 Å². The molecular formula is C19H17NO4. The first-order chi connectivity index (χ1) is 11.6. The largest absolute Gasteiger partial charge is 0.507 e. The van der Waals surface area contributed by atoms with Gasteiger partial charge in [0, 0.05) is 18.2 Å². The number of para-hydroxylation sites is 1. The number of benzene rings is 2. The molecule has 1 atom stereocenters. The molecular weight excluding hydrogens is 306 g/mol. The average Bonchev–Trinajstić information content (AvgIpc) is 2.85. The minimum atomic E-state index is -0.699. The van der Waals surface area contributed by atoms with Crippen molar-refractivity contribution in [3.8, 4) is 5.75 Å². The molecule has 0 saturated carbocycles. The highest BCUT2D eigenvalue weighted by Gasteiger charge is 2.45. The summed E-state index contributed by atoms with van der Waals surface area (Å²) in [5.41, 5.74) is 1.21. The van der Waals surface area contributed by atoms with E-state index in [1.165, 1.54) is 12.0 Å². The van der Waals surface area contributed by atoms with Gasteiger partial charge >= 0.3 is 0 Å². The van der Waals surface area contributed by atoms with Gasteiger partial charge in [0.1, 0.15) is 11.5 Å². The maximum absolute atomic E-state index is 12.5. The summed E-state index contributed by atoms with van der Waals surface area (Å²) in [5, 5.41) is 10.7. The van der Waals surface area contributed by atoms with Crippen molar-refractivity contribution in [2.45, 2.75) is 6.04 Å². The number of carbonyl (C=O) groups excluding carboxylic acids is 2. The molecule has 1 aliphatic heterocycles. The molecule has 1 amide bonds. The summed E-state index contributed by atoms with van der Waals surface area (Å²) in [6, 6.07) is 15.2. The number of likely N-dealkylation sites (tertiary alicyclic amines) is 1. The van der Waals surface area contributed by atoms with E-state index in [9.17, 15) is 14.7 Å². The number of hydrogen-bond donors (Lipinski definition) is 1. The van der Waals surface area contributed by atoms with Crippen molar-refractivity contribution in [1.82, 2.24) is 4.90 Å². The van der Waals surface area contributed by atoms with Crippen LogP contribution in [0.2, 0.25) is 0 Å². The van der Waals surface area contributed by atoms with E-state index in [4.69, 9.17) is 4.74 Å². The summed E-state index contributed by atoms with van der Waals surface area (Å²) in [6.45, 7) is 0. The molecule has 0 radical (unpaired) electrons. The average molecular weight is 323 g/mol. The summed E-state index contributed by atoms with van der Waals surface area (Å²) >= 11 is 0. The van der Waals surface area contributed by atoms with Crippen LogP contribution in [0.1, 0.15) is 17.2 Å². The molecule has 0 aliphatic carbocycles. The van der Waals surface area contributed by atoms with E-state index in [1.807, 2.05) is 6.07 Å². The SMILES string of the molecule is COc1ccccc1C1/C(=C(\O)c2ccccc2)C(=O)C(=O)N1C. The Kier molecular flexibility index (Phi) is 4.08. The third-order valence-electron chi connectivity index (χ3n) is 4.16. The van der Waals surface area contributed by atoms with Gasteiger partial charge in [-0.2, -0.15) is 0 Å². The lowest BCUT2D eigenvalue weighted by molar-refractivity contribution is -0.139. The molecule has 1 heterocycles. The van der Waals surface area contributed by atoms with E-state index in [-0.39, 0.29) is 11.3 Å². The molecule has 1 unspecified atom stereocenters. The van der Waals surface area contributed by atoms with Crippen molar-refractivity contribution in [3.05, 3.63) is 71.3 Å². The van der Waals surface area contributed by atoms with Gasteiger partial charge in [-0.1, -0.05) is 48.5 Å². The number of likely N-dealkylation sites (N-methyl/N-ethyl adjacent to an activating group) is 1. The number of rotatable bonds is 3. The third-order valence-corrected chi connectivity index (χ3v) is 4.16. The monoisotopic (exact) mass is 323 g/mol. The Bertz CT molecular complexity index is 826. The van der Waals surface area contributed by atoms with E-state index in [1.54, 1.807) is 55.6 Å². The fourth-order valence-corrected chi connectivity index (χ4v) is 2.96. The topological polar surface area (TPSA) is 66.8 Å². The van der Waals surface area contributed by atoms with Gasteiger partial charge in [-0.25, -0.2) is 0 Å². The Morgan fingerprint density at radius 2 is 1.67 bits per heavy atom. The highest BCUT2D eigenvalue weighted by atomic mass is 16.5. The van der Waals surface area contributed by atoms with E-state index < -0.39 is 17.7 Å². The van der Waals surface area contributed by atoms with Gasteiger partial charge in [0.05, 0.1) is 18.7 Å². The Labute approximate surface area is 139 Å². The Morgan fingerprint density at radius 1 is 1.04 bits per heavy atom. The van der Waals surface area contributed by atoms with Crippen molar-refractivity contribution in [2.75, 3.05) is 14.2 Å². The predicted octanol–water partition coefficient (Wildman–Crippen LogP) is 2.75. The van der Waals surface area contributed by atoms with Crippen LogP contribution in [0, 0.1) is 0 Å². The summed E-state index contributed by atoms with van der Waals surface area (Å²) in [7, 11) is 3.07. The van der Waals surface area contributed by atoms with Crippen molar-refractivity contribution in [1.29, 1.82) is 0 Å². The van der Waals surface area contributed by atoms with Crippen LogP contribution in [0.5, 0.6) is 5.75 Å². The second-order valence-electron chi connectivity index (χ2n) is 5.52. The first-order valence-electron chi connectivity index (χ1n) is 7.49. The number of amides is 1. The number of ketones is 1. The first kappa shape index (κ1) is 15.8.